The lowest BCUT2D eigenvalue weighted by molar-refractivity contribution is -0.141. The number of ether oxygens (including phenoxy) is 2. The molecule has 1 aliphatic carbocycles. The SMILES string of the molecule is COc1ccc(C[C@@H]2CC=CC[C@@H](Cc3ccc(OC)cc3)C(=O)C2=O)cc1. The highest BCUT2D eigenvalue weighted by Crippen LogP contribution is 2.25. The van der Waals surface area contributed by atoms with Crippen LogP contribution in [0.1, 0.15) is 24.0 Å². The standard InChI is InChI=1S/C24H26O4/c1-27-21-11-7-17(8-12-21)15-19-5-3-4-6-20(24(26)23(19)25)16-18-9-13-22(28-2)14-10-18/h3-4,7-14,19-20H,5-6,15-16H2,1-2H3/t19-,20-/m0/s1. The first-order valence-electron chi connectivity index (χ1n) is 9.59. The van der Waals surface area contributed by atoms with Crippen molar-refractivity contribution in [3.63, 3.8) is 0 Å². The Balaban J connectivity index is 1.71. The van der Waals surface area contributed by atoms with Crippen molar-refractivity contribution in [2.75, 3.05) is 14.2 Å². The van der Waals surface area contributed by atoms with Gasteiger partial charge in [-0.15, -0.1) is 0 Å². The minimum atomic E-state index is -0.309. The van der Waals surface area contributed by atoms with Crippen LogP contribution in [0, 0.1) is 11.8 Å². The van der Waals surface area contributed by atoms with Gasteiger partial charge in [-0.3, -0.25) is 9.59 Å². The summed E-state index contributed by atoms with van der Waals surface area (Å²) in [5.74, 6) is 0.440. The predicted molar refractivity (Wildman–Crippen MR) is 109 cm³/mol. The second-order valence-corrected chi connectivity index (χ2v) is 7.17. The normalized spacial score (nSPS) is 19.8. The van der Waals surface area contributed by atoms with Gasteiger partial charge in [-0.25, -0.2) is 0 Å². The minimum Gasteiger partial charge on any atom is -0.497 e. The third kappa shape index (κ3) is 4.89. The molecule has 1 aliphatic rings. The molecule has 2 aromatic carbocycles. The summed E-state index contributed by atoms with van der Waals surface area (Å²) in [6.45, 7) is 0. The molecule has 0 bridgehead atoms. The van der Waals surface area contributed by atoms with Gasteiger partial charge in [0.25, 0.3) is 0 Å². The van der Waals surface area contributed by atoms with Crippen molar-refractivity contribution in [2.45, 2.75) is 25.7 Å². The van der Waals surface area contributed by atoms with Gasteiger partial charge in [-0.1, -0.05) is 36.4 Å². The topological polar surface area (TPSA) is 52.6 Å². The molecule has 0 N–H and O–H groups in total. The number of allylic oxidation sites excluding steroid dienone is 2. The molecule has 0 fully saturated rings. The highest BCUT2D eigenvalue weighted by atomic mass is 16.5. The summed E-state index contributed by atoms with van der Waals surface area (Å²) in [7, 11) is 3.25. The van der Waals surface area contributed by atoms with E-state index in [2.05, 4.69) is 0 Å². The summed E-state index contributed by atoms with van der Waals surface area (Å²) in [6.07, 6.45) is 6.42. The molecule has 0 heterocycles. The Kier molecular flexibility index (Phi) is 6.64. The van der Waals surface area contributed by atoms with Crippen LogP contribution >= 0.6 is 0 Å². The van der Waals surface area contributed by atoms with E-state index in [1.807, 2.05) is 60.7 Å². The fourth-order valence-electron chi connectivity index (χ4n) is 3.58. The molecule has 0 saturated heterocycles. The maximum Gasteiger partial charge on any atom is 0.202 e. The molecule has 2 atom stereocenters. The van der Waals surface area contributed by atoms with E-state index in [0.717, 1.165) is 22.6 Å². The lowest BCUT2D eigenvalue weighted by Gasteiger charge is -2.21. The zero-order chi connectivity index (χ0) is 19.9. The van der Waals surface area contributed by atoms with E-state index in [0.29, 0.717) is 25.7 Å². The molecule has 0 spiro atoms. The molecular weight excluding hydrogens is 352 g/mol. The van der Waals surface area contributed by atoms with E-state index in [1.54, 1.807) is 14.2 Å². The van der Waals surface area contributed by atoms with E-state index >= 15 is 0 Å². The summed E-state index contributed by atoms with van der Waals surface area (Å²) in [5.41, 5.74) is 2.07. The first-order chi connectivity index (χ1) is 13.6. The largest absolute Gasteiger partial charge is 0.497 e. The van der Waals surface area contributed by atoms with Crippen molar-refractivity contribution in [2.24, 2.45) is 11.8 Å². The average molecular weight is 378 g/mol. The van der Waals surface area contributed by atoms with Gasteiger partial charge in [0.15, 0.2) is 0 Å². The second-order valence-electron chi connectivity index (χ2n) is 7.17. The number of benzene rings is 2. The van der Waals surface area contributed by atoms with Crippen molar-refractivity contribution in [3.8, 4) is 11.5 Å². The summed E-state index contributed by atoms with van der Waals surface area (Å²) < 4.78 is 10.4. The Bertz CT molecular complexity index is 762. The molecule has 0 amide bonds. The highest BCUT2D eigenvalue weighted by Gasteiger charge is 2.31. The molecule has 0 radical (unpaired) electrons. The van der Waals surface area contributed by atoms with E-state index < -0.39 is 0 Å². The number of rotatable bonds is 6. The average Bonchev–Trinajstić information content (AvgIpc) is 2.74. The van der Waals surface area contributed by atoms with E-state index in [4.69, 9.17) is 9.47 Å². The van der Waals surface area contributed by atoms with Crippen molar-refractivity contribution in [1.29, 1.82) is 0 Å². The number of Topliss-reactive ketones (excluding diaryl/α,β-unsaturated/α-hetero) is 2. The van der Waals surface area contributed by atoms with Gasteiger partial charge in [0.2, 0.25) is 11.6 Å². The third-order valence-electron chi connectivity index (χ3n) is 5.27. The van der Waals surface area contributed by atoms with E-state index in [-0.39, 0.29) is 23.4 Å². The van der Waals surface area contributed by atoms with Crippen LogP contribution in [0.15, 0.2) is 60.7 Å². The van der Waals surface area contributed by atoms with Crippen molar-refractivity contribution in [3.05, 3.63) is 71.8 Å². The first-order valence-corrected chi connectivity index (χ1v) is 9.59. The molecular formula is C24H26O4. The molecule has 0 saturated carbocycles. The zero-order valence-corrected chi connectivity index (χ0v) is 16.4. The fourth-order valence-corrected chi connectivity index (χ4v) is 3.58. The summed E-state index contributed by atoms with van der Waals surface area (Å²) in [6, 6.07) is 15.3. The van der Waals surface area contributed by atoms with Crippen LogP contribution in [0.2, 0.25) is 0 Å². The molecule has 0 unspecified atom stereocenters. The van der Waals surface area contributed by atoms with Gasteiger partial charge in [0.05, 0.1) is 14.2 Å². The minimum absolute atomic E-state index is 0.251. The monoisotopic (exact) mass is 378 g/mol. The third-order valence-corrected chi connectivity index (χ3v) is 5.27. The molecule has 4 nitrogen and oxygen atoms in total. The molecule has 0 aliphatic heterocycles. The molecule has 146 valence electrons. The zero-order valence-electron chi connectivity index (χ0n) is 16.4. The lowest BCUT2D eigenvalue weighted by atomic mass is 9.81. The number of hydrogen-bond acceptors (Lipinski definition) is 4. The molecule has 28 heavy (non-hydrogen) atoms. The number of ketones is 2. The van der Waals surface area contributed by atoms with Crippen LogP contribution in [-0.4, -0.2) is 25.8 Å². The van der Waals surface area contributed by atoms with Crippen molar-refractivity contribution >= 4 is 11.6 Å². The smallest absolute Gasteiger partial charge is 0.202 e. The van der Waals surface area contributed by atoms with E-state index in [1.165, 1.54) is 0 Å². The number of carbonyl (C=O) groups is 2. The fraction of sp³-hybridized carbons (Fsp3) is 0.333. The van der Waals surface area contributed by atoms with E-state index in [9.17, 15) is 9.59 Å². The maximum absolute atomic E-state index is 12.9. The Morgan fingerprint density at radius 3 is 1.36 bits per heavy atom. The van der Waals surface area contributed by atoms with Crippen LogP contribution in [0.25, 0.3) is 0 Å². The van der Waals surface area contributed by atoms with Gasteiger partial charge in [0, 0.05) is 11.8 Å². The predicted octanol–water partition coefficient (Wildman–Crippen LogP) is 4.21. The van der Waals surface area contributed by atoms with Gasteiger partial charge >= 0.3 is 0 Å². The Morgan fingerprint density at radius 2 is 1.04 bits per heavy atom. The Morgan fingerprint density at radius 1 is 0.679 bits per heavy atom. The maximum atomic E-state index is 12.9. The van der Waals surface area contributed by atoms with Crippen molar-refractivity contribution < 1.29 is 19.1 Å². The van der Waals surface area contributed by atoms with Gasteiger partial charge in [0.1, 0.15) is 11.5 Å². The van der Waals surface area contributed by atoms with Gasteiger partial charge < -0.3 is 9.47 Å². The molecule has 4 heteroatoms. The molecule has 3 rings (SSSR count). The number of methoxy groups -OCH3 is 2. The van der Waals surface area contributed by atoms with Gasteiger partial charge in [-0.2, -0.15) is 0 Å². The summed E-state index contributed by atoms with van der Waals surface area (Å²) in [4.78, 5) is 25.8. The van der Waals surface area contributed by atoms with Crippen LogP contribution in [-0.2, 0) is 22.4 Å². The second kappa shape index (κ2) is 9.36. The van der Waals surface area contributed by atoms with Crippen molar-refractivity contribution in [1.82, 2.24) is 0 Å². The quantitative estimate of drug-likeness (QED) is 0.558. The van der Waals surface area contributed by atoms with Gasteiger partial charge in [-0.05, 0) is 61.1 Å². The summed E-state index contributed by atoms with van der Waals surface area (Å²) >= 11 is 0. The van der Waals surface area contributed by atoms with Crippen LogP contribution in [0.5, 0.6) is 11.5 Å². The first kappa shape index (κ1) is 19.9. The lowest BCUT2D eigenvalue weighted by Crippen LogP contribution is -2.32. The van der Waals surface area contributed by atoms with Crippen LogP contribution in [0.3, 0.4) is 0 Å². The number of hydrogen-bond donors (Lipinski definition) is 0. The summed E-state index contributed by atoms with van der Waals surface area (Å²) in [5, 5.41) is 0. The van der Waals surface area contributed by atoms with Crippen LogP contribution < -0.4 is 9.47 Å². The number of carbonyl (C=O) groups excluding carboxylic acids is 2. The molecule has 0 aromatic heterocycles. The van der Waals surface area contributed by atoms with Crippen LogP contribution in [0.4, 0.5) is 0 Å². The Hall–Kier alpha value is -2.88. The molecule has 2 aromatic rings. The highest BCUT2D eigenvalue weighted by molar-refractivity contribution is 6.38. The Labute approximate surface area is 166 Å².